The fourth-order valence-corrected chi connectivity index (χ4v) is 2.87. The molecule has 1 aromatic heterocycles. The van der Waals surface area contributed by atoms with Crippen molar-refractivity contribution in [2.75, 3.05) is 5.32 Å². The Morgan fingerprint density at radius 3 is 2.57 bits per heavy atom. The van der Waals surface area contributed by atoms with Gasteiger partial charge in [0.05, 0.1) is 5.25 Å². The van der Waals surface area contributed by atoms with E-state index in [-0.39, 0.29) is 11.2 Å². The Labute approximate surface area is 130 Å². The zero-order valence-electron chi connectivity index (χ0n) is 12.6. The number of amides is 1. The highest BCUT2D eigenvalue weighted by atomic mass is 32.2. The molecule has 4 heteroatoms. The van der Waals surface area contributed by atoms with Crippen LogP contribution in [0.1, 0.15) is 24.5 Å². The van der Waals surface area contributed by atoms with Gasteiger partial charge in [0, 0.05) is 11.1 Å². The highest BCUT2D eigenvalue weighted by molar-refractivity contribution is 8.00. The van der Waals surface area contributed by atoms with Crippen LogP contribution in [0.2, 0.25) is 0 Å². The Morgan fingerprint density at radius 1 is 1.24 bits per heavy atom. The molecule has 0 saturated carbocycles. The van der Waals surface area contributed by atoms with E-state index in [1.165, 1.54) is 5.56 Å². The molecule has 1 N–H and O–H groups in total. The third kappa shape index (κ3) is 4.33. The number of aromatic nitrogens is 1. The van der Waals surface area contributed by atoms with E-state index in [0.717, 1.165) is 16.9 Å². The van der Waals surface area contributed by atoms with Crippen LogP contribution >= 0.6 is 11.8 Å². The lowest BCUT2D eigenvalue weighted by molar-refractivity contribution is -0.115. The van der Waals surface area contributed by atoms with Crippen LogP contribution in [0.15, 0.2) is 47.5 Å². The fraction of sp³-hybridized carbons (Fsp3) is 0.294. The van der Waals surface area contributed by atoms with E-state index in [1.54, 1.807) is 18.0 Å². The SMILES string of the molecule is CCC(Sc1ccc(C)cc1)C(=O)Nc1ncccc1C. The van der Waals surface area contributed by atoms with Crippen LogP contribution in [-0.4, -0.2) is 16.1 Å². The molecule has 1 amide bonds. The third-order valence-corrected chi connectivity index (χ3v) is 4.59. The largest absolute Gasteiger partial charge is 0.310 e. The zero-order valence-corrected chi connectivity index (χ0v) is 13.4. The van der Waals surface area contributed by atoms with Gasteiger partial charge in [0.15, 0.2) is 0 Å². The van der Waals surface area contributed by atoms with E-state index < -0.39 is 0 Å². The molecular weight excluding hydrogens is 280 g/mol. The molecule has 1 unspecified atom stereocenters. The Hall–Kier alpha value is -1.81. The first kappa shape index (κ1) is 15.6. The summed E-state index contributed by atoms with van der Waals surface area (Å²) in [6.45, 7) is 6.02. The number of hydrogen-bond donors (Lipinski definition) is 1. The van der Waals surface area contributed by atoms with Gasteiger partial charge >= 0.3 is 0 Å². The average Bonchev–Trinajstić information content (AvgIpc) is 2.49. The summed E-state index contributed by atoms with van der Waals surface area (Å²) in [5, 5.41) is 2.81. The molecule has 0 bridgehead atoms. The number of thioether (sulfide) groups is 1. The Kier molecular flexibility index (Phi) is 5.39. The summed E-state index contributed by atoms with van der Waals surface area (Å²) in [5.41, 5.74) is 2.20. The summed E-state index contributed by atoms with van der Waals surface area (Å²) in [6.07, 6.45) is 2.47. The molecule has 0 aliphatic heterocycles. The fourth-order valence-electron chi connectivity index (χ4n) is 1.92. The summed E-state index contributed by atoms with van der Waals surface area (Å²) in [7, 11) is 0. The monoisotopic (exact) mass is 300 g/mol. The van der Waals surface area contributed by atoms with Gasteiger partial charge in [0.2, 0.25) is 5.91 Å². The minimum Gasteiger partial charge on any atom is -0.310 e. The van der Waals surface area contributed by atoms with Gasteiger partial charge in [-0.1, -0.05) is 30.7 Å². The number of aryl methyl sites for hydroxylation is 2. The van der Waals surface area contributed by atoms with E-state index in [4.69, 9.17) is 0 Å². The molecule has 110 valence electrons. The van der Waals surface area contributed by atoms with Crippen LogP contribution in [0.5, 0.6) is 0 Å². The second-order valence-corrected chi connectivity index (χ2v) is 6.26. The maximum Gasteiger partial charge on any atom is 0.239 e. The Morgan fingerprint density at radius 2 is 1.95 bits per heavy atom. The van der Waals surface area contributed by atoms with Crippen molar-refractivity contribution < 1.29 is 4.79 Å². The number of nitrogens with zero attached hydrogens (tertiary/aromatic N) is 1. The molecule has 0 spiro atoms. The van der Waals surface area contributed by atoms with Crippen molar-refractivity contribution in [1.29, 1.82) is 0 Å². The summed E-state index contributed by atoms with van der Waals surface area (Å²) >= 11 is 1.59. The zero-order chi connectivity index (χ0) is 15.2. The molecule has 1 heterocycles. The van der Waals surface area contributed by atoms with E-state index in [1.807, 2.05) is 26.0 Å². The van der Waals surface area contributed by atoms with Gasteiger partial charge < -0.3 is 5.32 Å². The molecule has 0 fully saturated rings. The predicted molar refractivity (Wildman–Crippen MR) is 88.7 cm³/mol. The summed E-state index contributed by atoms with van der Waals surface area (Å²) < 4.78 is 0. The van der Waals surface area contributed by atoms with Crippen molar-refractivity contribution in [1.82, 2.24) is 4.98 Å². The van der Waals surface area contributed by atoms with Gasteiger partial charge in [-0.15, -0.1) is 11.8 Å². The predicted octanol–water partition coefficient (Wildman–Crippen LogP) is 4.21. The van der Waals surface area contributed by atoms with Crippen molar-refractivity contribution in [3.05, 3.63) is 53.7 Å². The van der Waals surface area contributed by atoms with Crippen LogP contribution in [0.25, 0.3) is 0 Å². The molecule has 0 aliphatic rings. The molecule has 3 nitrogen and oxygen atoms in total. The van der Waals surface area contributed by atoms with Crippen molar-refractivity contribution in [2.24, 2.45) is 0 Å². The third-order valence-electron chi connectivity index (χ3n) is 3.21. The number of carbonyl (C=O) groups is 1. The van der Waals surface area contributed by atoms with Crippen LogP contribution < -0.4 is 5.32 Å². The molecular formula is C17H20N2OS. The first-order valence-electron chi connectivity index (χ1n) is 7.06. The average molecular weight is 300 g/mol. The molecule has 1 aromatic carbocycles. The molecule has 2 rings (SSSR count). The Balaban J connectivity index is 2.05. The number of benzene rings is 1. The van der Waals surface area contributed by atoms with E-state index in [2.05, 4.69) is 41.5 Å². The number of pyridine rings is 1. The van der Waals surface area contributed by atoms with Crippen molar-refractivity contribution in [2.45, 2.75) is 37.3 Å². The van der Waals surface area contributed by atoms with Gasteiger partial charge in [0.25, 0.3) is 0 Å². The maximum absolute atomic E-state index is 12.4. The number of rotatable bonds is 5. The van der Waals surface area contributed by atoms with Gasteiger partial charge in [0.1, 0.15) is 5.82 Å². The second-order valence-electron chi connectivity index (χ2n) is 4.99. The van der Waals surface area contributed by atoms with Gasteiger partial charge in [-0.3, -0.25) is 4.79 Å². The summed E-state index contributed by atoms with van der Waals surface area (Å²) in [5.74, 6) is 0.648. The van der Waals surface area contributed by atoms with Crippen molar-refractivity contribution in [3.8, 4) is 0 Å². The topological polar surface area (TPSA) is 42.0 Å². The van der Waals surface area contributed by atoms with Gasteiger partial charge in [-0.25, -0.2) is 4.98 Å². The maximum atomic E-state index is 12.4. The summed E-state index contributed by atoms with van der Waals surface area (Å²) in [6, 6.07) is 12.1. The lowest BCUT2D eigenvalue weighted by atomic mass is 10.2. The lowest BCUT2D eigenvalue weighted by Crippen LogP contribution is -2.25. The van der Waals surface area contributed by atoms with Crippen molar-refractivity contribution in [3.63, 3.8) is 0 Å². The number of carbonyl (C=O) groups excluding carboxylic acids is 1. The number of nitrogens with one attached hydrogen (secondary N) is 1. The normalized spacial score (nSPS) is 12.0. The van der Waals surface area contributed by atoms with Crippen LogP contribution in [0.4, 0.5) is 5.82 Å². The molecule has 0 saturated heterocycles. The quantitative estimate of drug-likeness (QED) is 0.841. The first-order valence-corrected chi connectivity index (χ1v) is 7.94. The van der Waals surface area contributed by atoms with Crippen LogP contribution in [0, 0.1) is 13.8 Å². The minimum absolute atomic E-state index is 0.00451. The number of hydrogen-bond acceptors (Lipinski definition) is 3. The first-order chi connectivity index (χ1) is 10.1. The van der Waals surface area contributed by atoms with Crippen molar-refractivity contribution >= 4 is 23.5 Å². The highest BCUT2D eigenvalue weighted by Crippen LogP contribution is 2.26. The minimum atomic E-state index is -0.117. The molecule has 0 aliphatic carbocycles. The Bertz CT molecular complexity index is 610. The van der Waals surface area contributed by atoms with Crippen LogP contribution in [0.3, 0.4) is 0 Å². The molecule has 1 atom stereocenters. The van der Waals surface area contributed by atoms with E-state index in [0.29, 0.717) is 5.82 Å². The van der Waals surface area contributed by atoms with E-state index in [9.17, 15) is 4.79 Å². The van der Waals surface area contributed by atoms with Gasteiger partial charge in [-0.2, -0.15) is 0 Å². The van der Waals surface area contributed by atoms with Crippen LogP contribution in [-0.2, 0) is 4.79 Å². The van der Waals surface area contributed by atoms with E-state index >= 15 is 0 Å². The molecule has 2 aromatic rings. The smallest absolute Gasteiger partial charge is 0.239 e. The number of anilines is 1. The second kappa shape index (κ2) is 7.27. The standard InChI is InChI=1S/C17H20N2OS/c1-4-15(21-14-9-7-12(2)8-10-14)17(20)19-16-13(3)6-5-11-18-16/h5-11,15H,4H2,1-3H3,(H,18,19,20). The lowest BCUT2D eigenvalue weighted by Gasteiger charge is -2.15. The molecule has 0 radical (unpaired) electrons. The van der Waals surface area contributed by atoms with Gasteiger partial charge in [-0.05, 0) is 44.0 Å². The highest BCUT2D eigenvalue weighted by Gasteiger charge is 2.18. The molecule has 21 heavy (non-hydrogen) atoms. The summed E-state index contributed by atoms with van der Waals surface area (Å²) in [4.78, 5) is 17.7.